The first-order chi connectivity index (χ1) is 13.1. The molecule has 1 fully saturated rings. The lowest BCUT2D eigenvalue weighted by molar-refractivity contribution is 0.174. The SMILES string of the molecule is COCc1noc(CN2CCN(c3ccc4ccc(Cl)c(Cl)c4n3)CC2)n1. The third-order valence-electron chi connectivity index (χ3n) is 4.58. The van der Waals surface area contributed by atoms with Crippen LogP contribution in [0.1, 0.15) is 11.7 Å². The molecule has 0 amide bonds. The van der Waals surface area contributed by atoms with E-state index in [1.165, 1.54) is 0 Å². The first-order valence-corrected chi connectivity index (χ1v) is 9.42. The Bertz CT molecular complexity index is 941. The molecule has 7 nitrogen and oxygen atoms in total. The van der Waals surface area contributed by atoms with Crippen LogP contribution in [0.25, 0.3) is 10.9 Å². The number of pyridine rings is 1. The van der Waals surface area contributed by atoms with Gasteiger partial charge in [-0.15, -0.1) is 0 Å². The number of methoxy groups -OCH3 is 1. The Morgan fingerprint density at radius 1 is 1.07 bits per heavy atom. The van der Waals surface area contributed by atoms with Gasteiger partial charge in [0.25, 0.3) is 0 Å². The lowest BCUT2D eigenvalue weighted by Gasteiger charge is -2.34. The fraction of sp³-hybridized carbons (Fsp3) is 0.389. The second kappa shape index (κ2) is 7.98. The number of ether oxygens (including phenoxy) is 1. The molecule has 0 saturated carbocycles. The molecule has 0 spiro atoms. The van der Waals surface area contributed by atoms with Crippen LogP contribution in [0.3, 0.4) is 0 Å². The molecule has 4 rings (SSSR count). The van der Waals surface area contributed by atoms with Gasteiger partial charge in [-0.05, 0) is 18.2 Å². The summed E-state index contributed by atoms with van der Waals surface area (Å²) in [4.78, 5) is 13.6. The molecule has 0 unspecified atom stereocenters. The summed E-state index contributed by atoms with van der Waals surface area (Å²) in [5.41, 5.74) is 0.737. The van der Waals surface area contributed by atoms with E-state index in [1.54, 1.807) is 13.2 Å². The maximum absolute atomic E-state index is 6.32. The number of hydrogen-bond donors (Lipinski definition) is 0. The van der Waals surface area contributed by atoms with Crippen molar-refractivity contribution < 1.29 is 9.26 Å². The second-order valence-electron chi connectivity index (χ2n) is 6.40. The minimum atomic E-state index is 0.359. The third kappa shape index (κ3) is 4.01. The normalized spacial score (nSPS) is 15.6. The molecular weight excluding hydrogens is 389 g/mol. The zero-order valence-corrected chi connectivity index (χ0v) is 16.4. The van der Waals surface area contributed by atoms with Gasteiger partial charge in [0.2, 0.25) is 5.89 Å². The van der Waals surface area contributed by atoms with Crippen molar-refractivity contribution in [3.8, 4) is 0 Å². The van der Waals surface area contributed by atoms with Crippen LogP contribution in [0.15, 0.2) is 28.8 Å². The number of hydrogen-bond acceptors (Lipinski definition) is 7. The topological polar surface area (TPSA) is 67.5 Å². The minimum Gasteiger partial charge on any atom is -0.377 e. The van der Waals surface area contributed by atoms with E-state index in [0.29, 0.717) is 34.9 Å². The van der Waals surface area contributed by atoms with Crippen LogP contribution >= 0.6 is 23.2 Å². The minimum absolute atomic E-state index is 0.359. The van der Waals surface area contributed by atoms with Crippen LogP contribution in [0.5, 0.6) is 0 Å². The molecule has 0 N–H and O–H groups in total. The summed E-state index contributed by atoms with van der Waals surface area (Å²) in [6.07, 6.45) is 0. The Balaban J connectivity index is 1.41. The van der Waals surface area contributed by atoms with Gasteiger partial charge in [0, 0.05) is 38.7 Å². The summed E-state index contributed by atoms with van der Waals surface area (Å²) in [6.45, 7) is 4.47. The molecule has 3 heterocycles. The fourth-order valence-electron chi connectivity index (χ4n) is 3.16. The smallest absolute Gasteiger partial charge is 0.240 e. The molecule has 1 saturated heterocycles. The van der Waals surface area contributed by atoms with E-state index >= 15 is 0 Å². The highest BCUT2D eigenvalue weighted by Crippen LogP contribution is 2.31. The molecule has 1 aliphatic heterocycles. The van der Waals surface area contributed by atoms with Crippen LogP contribution in [0, 0.1) is 0 Å². The maximum atomic E-state index is 6.32. The van der Waals surface area contributed by atoms with E-state index < -0.39 is 0 Å². The lowest BCUT2D eigenvalue weighted by Crippen LogP contribution is -2.46. The number of anilines is 1. The van der Waals surface area contributed by atoms with Crippen molar-refractivity contribution >= 4 is 39.9 Å². The van der Waals surface area contributed by atoms with E-state index in [1.807, 2.05) is 18.2 Å². The quantitative estimate of drug-likeness (QED) is 0.641. The van der Waals surface area contributed by atoms with Gasteiger partial charge in [-0.25, -0.2) is 4.98 Å². The predicted octanol–water partition coefficient (Wildman–Crippen LogP) is 3.39. The van der Waals surface area contributed by atoms with Gasteiger partial charge in [-0.3, -0.25) is 4.90 Å². The number of halogens is 2. The van der Waals surface area contributed by atoms with Crippen molar-refractivity contribution in [3.63, 3.8) is 0 Å². The zero-order valence-electron chi connectivity index (χ0n) is 14.9. The molecule has 3 aromatic rings. The highest BCUT2D eigenvalue weighted by Gasteiger charge is 2.20. The van der Waals surface area contributed by atoms with Crippen LogP contribution in [-0.4, -0.2) is 53.3 Å². The largest absolute Gasteiger partial charge is 0.377 e. The van der Waals surface area contributed by atoms with Crippen LogP contribution in [0.4, 0.5) is 5.82 Å². The van der Waals surface area contributed by atoms with Gasteiger partial charge in [0.05, 0.1) is 22.1 Å². The maximum Gasteiger partial charge on any atom is 0.240 e. The Morgan fingerprint density at radius 3 is 2.63 bits per heavy atom. The summed E-state index contributed by atoms with van der Waals surface area (Å²) < 4.78 is 10.3. The molecule has 0 radical (unpaired) electrons. The van der Waals surface area contributed by atoms with Crippen LogP contribution < -0.4 is 4.90 Å². The first kappa shape index (κ1) is 18.4. The molecule has 1 aromatic carbocycles. The first-order valence-electron chi connectivity index (χ1n) is 8.66. The van der Waals surface area contributed by atoms with Gasteiger partial charge in [0.15, 0.2) is 5.82 Å². The molecule has 0 aliphatic carbocycles. The lowest BCUT2D eigenvalue weighted by atomic mass is 10.2. The van der Waals surface area contributed by atoms with E-state index in [2.05, 4.69) is 19.9 Å². The van der Waals surface area contributed by atoms with E-state index in [9.17, 15) is 0 Å². The molecule has 2 aromatic heterocycles. The third-order valence-corrected chi connectivity index (χ3v) is 5.37. The Hall–Kier alpha value is -1.93. The summed E-state index contributed by atoms with van der Waals surface area (Å²) in [6, 6.07) is 7.78. The number of nitrogens with zero attached hydrogens (tertiary/aromatic N) is 5. The number of fused-ring (bicyclic) bond motifs is 1. The van der Waals surface area contributed by atoms with Gasteiger partial charge < -0.3 is 14.2 Å². The average Bonchev–Trinajstić information content (AvgIpc) is 3.12. The summed E-state index contributed by atoms with van der Waals surface area (Å²) in [5, 5.41) is 5.90. The predicted molar refractivity (Wildman–Crippen MR) is 104 cm³/mol. The van der Waals surface area contributed by atoms with Crippen molar-refractivity contribution in [1.82, 2.24) is 20.0 Å². The Kier molecular flexibility index (Phi) is 5.45. The summed E-state index contributed by atoms with van der Waals surface area (Å²) in [7, 11) is 1.61. The van der Waals surface area contributed by atoms with Crippen molar-refractivity contribution in [2.45, 2.75) is 13.2 Å². The molecule has 142 valence electrons. The van der Waals surface area contributed by atoms with Crippen molar-refractivity contribution in [2.24, 2.45) is 0 Å². The summed E-state index contributed by atoms with van der Waals surface area (Å²) in [5.74, 6) is 2.09. The number of benzene rings is 1. The fourth-order valence-corrected chi connectivity index (χ4v) is 3.53. The molecule has 0 atom stereocenters. The van der Waals surface area contributed by atoms with Gasteiger partial charge in [0.1, 0.15) is 12.4 Å². The zero-order chi connectivity index (χ0) is 18.8. The standard InChI is InChI=1S/C18H19Cl2N5O2/c1-26-11-14-21-16(27-23-14)10-24-6-8-25(9-7-24)15-5-3-12-2-4-13(19)17(20)18(12)22-15/h2-5H,6-11H2,1H3. The highest BCUT2D eigenvalue weighted by molar-refractivity contribution is 6.45. The number of aromatic nitrogens is 3. The summed E-state index contributed by atoms with van der Waals surface area (Å²) >= 11 is 12.4. The second-order valence-corrected chi connectivity index (χ2v) is 7.19. The van der Waals surface area contributed by atoms with Crippen molar-refractivity contribution in [2.75, 3.05) is 38.2 Å². The molecule has 0 bridgehead atoms. The average molecular weight is 408 g/mol. The molecule has 27 heavy (non-hydrogen) atoms. The molecule has 9 heteroatoms. The van der Waals surface area contributed by atoms with Gasteiger partial charge >= 0.3 is 0 Å². The molecule has 1 aliphatic rings. The van der Waals surface area contributed by atoms with Gasteiger partial charge in [-0.1, -0.05) is 34.4 Å². The monoisotopic (exact) mass is 407 g/mol. The Labute approximate surface area is 166 Å². The number of piperazine rings is 1. The van der Waals surface area contributed by atoms with E-state index in [-0.39, 0.29) is 0 Å². The van der Waals surface area contributed by atoms with Crippen LogP contribution in [-0.2, 0) is 17.9 Å². The Morgan fingerprint density at radius 2 is 1.85 bits per heavy atom. The van der Waals surface area contributed by atoms with E-state index in [4.69, 9.17) is 37.4 Å². The van der Waals surface area contributed by atoms with Crippen molar-refractivity contribution in [3.05, 3.63) is 46.0 Å². The van der Waals surface area contributed by atoms with E-state index in [0.717, 1.165) is 42.9 Å². The molecular formula is C18H19Cl2N5O2. The highest BCUT2D eigenvalue weighted by atomic mass is 35.5. The van der Waals surface area contributed by atoms with Crippen molar-refractivity contribution in [1.29, 1.82) is 0 Å². The van der Waals surface area contributed by atoms with Gasteiger partial charge in [-0.2, -0.15) is 4.98 Å². The van der Waals surface area contributed by atoms with Crippen LogP contribution in [0.2, 0.25) is 10.0 Å². The number of rotatable bonds is 5.